The molecule has 27 heavy (non-hydrogen) atoms. The lowest BCUT2D eigenvalue weighted by Gasteiger charge is -2.22. The minimum absolute atomic E-state index is 0.103. The van der Waals surface area contributed by atoms with E-state index in [-0.39, 0.29) is 17.2 Å². The van der Waals surface area contributed by atoms with Crippen LogP contribution in [-0.4, -0.2) is 48.3 Å². The maximum atomic E-state index is 12.7. The van der Waals surface area contributed by atoms with Gasteiger partial charge in [-0.2, -0.15) is 0 Å². The Hall–Kier alpha value is -2.78. The van der Waals surface area contributed by atoms with Gasteiger partial charge < -0.3 is 10.2 Å². The summed E-state index contributed by atoms with van der Waals surface area (Å²) in [5.74, 6) is -2.95. The highest BCUT2D eigenvalue weighted by Gasteiger charge is 2.40. The molecule has 0 spiro atoms. The Kier molecular flexibility index (Phi) is 5.52. The highest BCUT2D eigenvalue weighted by Crippen LogP contribution is 2.35. The van der Waals surface area contributed by atoms with E-state index in [9.17, 15) is 19.5 Å². The quantitative estimate of drug-likeness (QED) is 0.561. The molecule has 1 amide bonds. The van der Waals surface area contributed by atoms with Crippen LogP contribution in [0.3, 0.4) is 0 Å². The van der Waals surface area contributed by atoms with Crippen molar-refractivity contribution in [2.75, 3.05) is 0 Å². The summed E-state index contributed by atoms with van der Waals surface area (Å²) in [4.78, 5) is 40.5. The molecule has 2 heterocycles. The van der Waals surface area contributed by atoms with Crippen LogP contribution in [-0.2, 0) is 14.4 Å². The predicted octanol–water partition coefficient (Wildman–Crippen LogP) is 2.75. The van der Waals surface area contributed by atoms with E-state index < -0.39 is 23.9 Å². The van der Waals surface area contributed by atoms with Crippen LogP contribution >= 0.6 is 24.0 Å². The number of carboxylic acids is 2. The van der Waals surface area contributed by atoms with Gasteiger partial charge in [0.2, 0.25) is 0 Å². The van der Waals surface area contributed by atoms with Crippen molar-refractivity contribution in [3.63, 3.8) is 0 Å². The summed E-state index contributed by atoms with van der Waals surface area (Å²) in [5.41, 5.74) is 1.58. The van der Waals surface area contributed by atoms with E-state index in [2.05, 4.69) is 4.98 Å². The third-order valence-corrected chi connectivity index (χ3v) is 5.31. The second kappa shape index (κ2) is 7.85. The summed E-state index contributed by atoms with van der Waals surface area (Å²) in [7, 11) is 0. The van der Waals surface area contributed by atoms with Gasteiger partial charge in [0.1, 0.15) is 10.4 Å². The fourth-order valence-corrected chi connectivity index (χ4v) is 4.06. The molecule has 1 aliphatic heterocycles. The van der Waals surface area contributed by atoms with Gasteiger partial charge in [0.05, 0.1) is 10.4 Å². The Morgan fingerprint density at radius 1 is 1.30 bits per heavy atom. The molecule has 0 radical (unpaired) electrons. The number of fused-ring (bicyclic) bond motifs is 1. The largest absolute Gasteiger partial charge is 0.481 e. The van der Waals surface area contributed by atoms with Crippen molar-refractivity contribution in [3.8, 4) is 0 Å². The summed E-state index contributed by atoms with van der Waals surface area (Å²) in [6.07, 6.45) is 2.74. The first kappa shape index (κ1) is 19.0. The SMILES string of the molecule is O=C(O)CC[C@H](C(=O)O)N1C(=O)/C(=C/c2ccc3ncccc3c2)SC1=S. The summed E-state index contributed by atoms with van der Waals surface area (Å²) >= 11 is 6.17. The number of thioether (sulfide) groups is 1. The molecule has 1 saturated heterocycles. The zero-order valence-corrected chi connectivity index (χ0v) is 15.5. The molecule has 3 rings (SSSR count). The van der Waals surface area contributed by atoms with Crippen LogP contribution in [0.1, 0.15) is 18.4 Å². The Balaban J connectivity index is 1.88. The van der Waals surface area contributed by atoms with E-state index in [0.29, 0.717) is 4.91 Å². The van der Waals surface area contributed by atoms with E-state index in [1.165, 1.54) is 0 Å². The lowest BCUT2D eigenvalue weighted by atomic mass is 10.1. The summed E-state index contributed by atoms with van der Waals surface area (Å²) in [6.45, 7) is 0. The van der Waals surface area contributed by atoms with Crippen molar-refractivity contribution in [2.45, 2.75) is 18.9 Å². The Bertz CT molecular complexity index is 989. The van der Waals surface area contributed by atoms with E-state index in [4.69, 9.17) is 17.3 Å². The molecule has 138 valence electrons. The van der Waals surface area contributed by atoms with E-state index in [1.54, 1.807) is 18.3 Å². The molecule has 1 aromatic carbocycles. The van der Waals surface area contributed by atoms with Crippen LogP contribution in [0.25, 0.3) is 17.0 Å². The highest BCUT2D eigenvalue weighted by molar-refractivity contribution is 8.26. The number of rotatable bonds is 6. The molecule has 0 aliphatic carbocycles. The van der Waals surface area contributed by atoms with Crippen molar-refractivity contribution in [3.05, 3.63) is 47.0 Å². The molecule has 1 aromatic heterocycles. The minimum Gasteiger partial charge on any atom is -0.481 e. The van der Waals surface area contributed by atoms with Crippen molar-refractivity contribution in [1.82, 2.24) is 9.88 Å². The number of aromatic nitrogens is 1. The van der Waals surface area contributed by atoms with Gasteiger partial charge in [0.25, 0.3) is 5.91 Å². The monoisotopic (exact) mass is 402 g/mol. The zero-order chi connectivity index (χ0) is 19.6. The molecule has 0 saturated carbocycles. The molecule has 0 unspecified atom stereocenters. The lowest BCUT2D eigenvalue weighted by molar-refractivity contribution is -0.146. The van der Waals surface area contributed by atoms with Crippen molar-refractivity contribution in [1.29, 1.82) is 0 Å². The fraction of sp³-hybridized carbons (Fsp3) is 0.167. The molecule has 1 atom stereocenters. The van der Waals surface area contributed by atoms with Gasteiger partial charge in [-0.3, -0.25) is 19.5 Å². The molecular weight excluding hydrogens is 388 g/mol. The molecule has 1 fully saturated rings. The number of carbonyl (C=O) groups excluding carboxylic acids is 1. The van der Waals surface area contributed by atoms with Gasteiger partial charge in [-0.05, 0) is 36.3 Å². The Morgan fingerprint density at radius 3 is 2.78 bits per heavy atom. The van der Waals surface area contributed by atoms with Gasteiger partial charge in [-0.15, -0.1) is 0 Å². The number of pyridine rings is 1. The summed E-state index contributed by atoms with van der Waals surface area (Å²) < 4.78 is 0.103. The number of thiocarbonyl (C=S) groups is 1. The first-order valence-corrected chi connectivity index (χ1v) is 9.16. The van der Waals surface area contributed by atoms with Crippen LogP contribution in [0.15, 0.2) is 41.4 Å². The Morgan fingerprint density at radius 2 is 2.07 bits per heavy atom. The van der Waals surface area contributed by atoms with Crippen LogP contribution in [0.5, 0.6) is 0 Å². The van der Waals surface area contributed by atoms with Gasteiger partial charge in [0.15, 0.2) is 0 Å². The van der Waals surface area contributed by atoms with Gasteiger partial charge in [-0.25, -0.2) is 4.79 Å². The van der Waals surface area contributed by atoms with Crippen molar-refractivity contribution >= 4 is 63.1 Å². The number of hydrogen-bond acceptors (Lipinski definition) is 6. The molecule has 9 heteroatoms. The smallest absolute Gasteiger partial charge is 0.326 e. The number of nitrogens with zero attached hydrogens (tertiary/aromatic N) is 2. The summed E-state index contributed by atoms with van der Waals surface area (Å²) in [5, 5.41) is 19.1. The molecular formula is C18H14N2O5S2. The number of benzene rings is 1. The lowest BCUT2D eigenvalue weighted by Crippen LogP contribution is -2.44. The first-order chi connectivity index (χ1) is 12.9. The van der Waals surface area contributed by atoms with E-state index >= 15 is 0 Å². The number of aliphatic carboxylic acids is 2. The number of hydrogen-bond donors (Lipinski definition) is 2. The molecule has 0 bridgehead atoms. The molecule has 2 aromatic rings. The summed E-state index contributed by atoms with van der Waals surface area (Å²) in [6, 6.07) is 7.91. The normalized spacial score (nSPS) is 16.9. The number of carboxylic acid groups (broad SMARTS) is 2. The van der Waals surface area contributed by atoms with Crippen LogP contribution < -0.4 is 0 Å². The first-order valence-electron chi connectivity index (χ1n) is 7.93. The van der Waals surface area contributed by atoms with Crippen molar-refractivity contribution in [2.24, 2.45) is 0 Å². The fourth-order valence-electron chi connectivity index (χ4n) is 2.71. The van der Waals surface area contributed by atoms with Gasteiger partial charge in [-0.1, -0.05) is 36.1 Å². The average Bonchev–Trinajstić information content (AvgIpc) is 2.89. The standard InChI is InChI=1S/C18H14N2O5S2/c21-15(22)6-5-13(17(24)25)20-16(23)14(27-18(20)26)9-10-3-4-12-11(8-10)2-1-7-19-12/h1-4,7-9,13H,5-6H2,(H,21,22)(H,24,25)/b14-9-/t13-/m1/s1. The van der Waals surface area contributed by atoms with Crippen LogP contribution in [0.4, 0.5) is 0 Å². The van der Waals surface area contributed by atoms with Crippen LogP contribution in [0, 0.1) is 0 Å². The third kappa shape index (κ3) is 4.15. The van der Waals surface area contributed by atoms with Crippen LogP contribution in [0.2, 0.25) is 0 Å². The Labute approximate surface area is 163 Å². The van der Waals surface area contributed by atoms with E-state index in [1.807, 2.05) is 24.3 Å². The van der Waals surface area contributed by atoms with E-state index in [0.717, 1.165) is 33.1 Å². The molecule has 7 nitrogen and oxygen atoms in total. The maximum absolute atomic E-state index is 12.7. The highest BCUT2D eigenvalue weighted by atomic mass is 32.2. The van der Waals surface area contributed by atoms with Gasteiger partial charge >= 0.3 is 11.9 Å². The average molecular weight is 402 g/mol. The second-order valence-electron chi connectivity index (χ2n) is 5.79. The second-order valence-corrected chi connectivity index (χ2v) is 7.47. The number of carbonyl (C=O) groups is 3. The zero-order valence-electron chi connectivity index (χ0n) is 13.9. The number of amides is 1. The van der Waals surface area contributed by atoms with Gasteiger partial charge in [0, 0.05) is 18.0 Å². The molecule has 2 N–H and O–H groups in total. The third-order valence-electron chi connectivity index (χ3n) is 3.98. The minimum atomic E-state index is -1.31. The van der Waals surface area contributed by atoms with Crippen molar-refractivity contribution < 1.29 is 24.6 Å². The maximum Gasteiger partial charge on any atom is 0.326 e. The molecule has 1 aliphatic rings. The topological polar surface area (TPSA) is 108 Å². The predicted molar refractivity (Wildman–Crippen MR) is 105 cm³/mol.